The lowest BCUT2D eigenvalue weighted by atomic mass is 9.74. The second kappa shape index (κ2) is 7.11. The normalized spacial score (nSPS) is 21.4. The molecule has 21 heavy (non-hydrogen) atoms. The van der Waals surface area contributed by atoms with Gasteiger partial charge in [0.2, 0.25) is 0 Å². The number of aliphatic carboxylic acids is 1. The summed E-state index contributed by atoms with van der Waals surface area (Å²) in [6, 6.07) is -0.0373. The molecular formula is C15H26N2O4. The fourth-order valence-electron chi connectivity index (χ4n) is 3.49. The van der Waals surface area contributed by atoms with Crippen molar-refractivity contribution >= 4 is 12.0 Å². The molecule has 0 bridgehead atoms. The van der Waals surface area contributed by atoms with E-state index in [4.69, 9.17) is 5.11 Å². The molecule has 2 rings (SSSR count). The molecule has 0 aromatic heterocycles. The molecule has 6 heteroatoms. The third-order valence-electron chi connectivity index (χ3n) is 4.79. The molecule has 0 saturated heterocycles. The van der Waals surface area contributed by atoms with Crippen LogP contribution in [0, 0.1) is 0 Å². The zero-order valence-corrected chi connectivity index (χ0v) is 12.5. The maximum absolute atomic E-state index is 12.5. The topological polar surface area (TPSA) is 89.9 Å². The molecule has 6 nitrogen and oxygen atoms in total. The highest BCUT2D eigenvalue weighted by Crippen LogP contribution is 2.35. The van der Waals surface area contributed by atoms with Crippen molar-refractivity contribution in [2.45, 2.75) is 69.4 Å². The van der Waals surface area contributed by atoms with Gasteiger partial charge >= 0.3 is 12.0 Å². The van der Waals surface area contributed by atoms with Crippen LogP contribution in [0.2, 0.25) is 0 Å². The summed E-state index contributed by atoms with van der Waals surface area (Å²) in [6.07, 6.45) is 7.76. The standard InChI is InChI=1S/C15H26N2O4/c18-10-9-17(12-5-2-1-3-6-12)14(21)16-15(7-4-8-15)11-13(19)20/h12,18H,1-11H2,(H,16,21)(H,19,20). The maximum Gasteiger partial charge on any atom is 0.318 e. The molecule has 0 aromatic rings. The zero-order valence-electron chi connectivity index (χ0n) is 12.5. The van der Waals surface area contributed by atoms with E-state index in [0.29, 0.717) is 6.54 Å². The molecule has 0 heterocycles. The van der Waals surface area contributed by atoms with E-state index in [2.05, 4.69) is 5.32 Å². The lowest BCUT2D eigenvalue weighted by Crippen LogP contribution is -2.60. The molecule has 120 valence electrons. The Morgan fingerprint density at radius 2 is 1.81 bits per heavy atom. The van der Waals surface area contributed by atoms with Crippen LogP contribution in [-0.2, 0) is 4.79 Å². The molecule has 0 aliphatic heterocycles. The summed E-state index contributed by atoms with van der Waals surface area (Å²) in [6.45, 7) is 0.259. The summed E-state index contributed by atoms with van der Waals surface area (Å²) in [4.78, 5) is 25.2. The molecule has 2 aliphatic carbocycles. The summed E-state index contributed by atoms with van der Waals surface area (Å²) in [5.41, 5.74) is -0.578. The van der Waals surface area contributed by atoms with Crippen LogP contribution in [-0.4, -0.2) is 51.8 Å². The number of carboxylic acid groups (broad SMARTS) is 1. The van der Waals surface area contributed by atoms with Gasteiger partial charge in [-0.25, -0.2) is 4.79 Å². The van der Waals surface area contributed by atoms with Crippen molar-refractivity contribution < 1.29 is 19.8 Å². The van der Waals surface area contributed by atoms with E-state index in [1.165, 1.54) is 6.42 Å². The summed E-state index contributed by atoms with van der Waals surface area (Å²) in [5.74, 6) is -0.874. The van der Waals surface area contributed by atoms with Crippen molar-refractivity contribution in [2.75, 3.05) is 13.2 Å². The van der Waals surface area contributed by atoms with E-state index in [1.807, 2.05) is 0 Å². The number of nitrogens with one attached hydrogen (secondary N) is 1. The van der Waals surface area contributed by atoms with Crippen molar-refractivity contribution in [2.24, 2.45) is 0 Å². The highest BCUT2D eigenvalue weighted by molar-refractivity contribution is 5.77. The summed E-state index contributed by atoms with van der Waals surface area (Å²) >= 11 is 0. The number of carbonyl (C=O) groups is 2. The minimum absolute atomic E-state index is 0.0175. The average Bonchev–Trinajstić information content (AvgIpc) is 2.42. The van der Waals surface area contributed by atoms with Crippen molar-refractivity contribution in [3.8, 4) is 0 Å². The Balaban J connectivity index is 1.98. The minimum Gasteiger partial charge on any atom is -0.481 e. The lowest BCUT2D eigenvalue weighted by Gasteiger charge is -2.44. The molecule has 3 N–H and O–H groups in total. The van der Waals surface area contributed by atoms with Gasteiger partial charge in [0.1, 0.15) is 0 Å². The molecule has 0 atom stereocenters. The second-order valence-corrected chi connectivity index (χ2v) is 6.34. The van der Waals surface area contributed by atoms with Crippen LogP contribution in [0.1, 0.15) is 57.8 Å². The molecule has 2 amide bonds. The molecule has 0 aromatic carbocycles. The molecule has 2 aliphatic rings. The van der Waals surface area contributed by atoms with Gasteiger partial charge in [-0.05, 0) is 32.1 Å². The lowest BCUT2D eigenvalue weighted by molar-refractivity contribution is -0.139. The van der Waals surface area contributed by atoms with Gasteiger partial charge in [-0.15, -0.1) is 0 Å². The van der Waals surface area contributed by atoms with Crippen molar-refractivity contribution in [3.05, 3.63) is 0 Å². The quantitative estimate of drug-likeness (QED) is 0.696. The van der Waals surface area contributed by atoms with Crippen LogP contribution >= 0.6 is 0 Å². The Labute approximate surface area is 125 Å². The van der Waals surface area contributed by atoms with Gasteiger partial charge in [0.15, 0.2) is 0 Å². The number of hydrogen-bond acceptors (Lipinski definition) is 3. The number of urea groups is 1. The number of carbonyl (C=O) groups excluding carboxylic acids is 1. The second-order valence-electron chi connectivity index (χ2n) is 6.34. The molecule has 2 saturated carbocycles. The predicted molar refractivity (Wildman–Crippen MR) is 78.0 cm³/mol. The Kier molecular flexibility index (Phi) is 5.45. The van der Waals surface area contributed by atoms with Crippen LogP contribution in [0.4, 0.5) is 4.79 Å². The van der Waals surface area contributed by atoms with Crippen LogP contribution in [0.3, 0.4) is 0 Å². The zero-order chi connectivity index (χ0) is 15.3. The Bertz CT molecular complexity index is 376. The first-order valence-corrected chi connectivity index (χ1v) is 7.98. The monoisotopic (exact) mass is 298 g/mol. The van der Waals surface area contributed by atoms with Crippen LogP contribution in [0.15, 0.2) is 0 Å². The third kappa shape index (κ3) is 4.09. The van der Waals surface area contributed by atoms with Gasteiger partial charge < -0.3 is 20.4 Å². The van der Waals surface area contributed by atoms with Crippen molar-refractivity contribution in [3.63, 3.8) is 0 Å². The highest BCUT2D eigenvalue weighted by atomic mass is 16.4. The summed E-state index contributed by atoms with van der Waals surface area (Å²) in [5, 5.41) is 21.2. The smallest absolute Gasteiger partial charge is 0.318 e. The Morgan fingerprint density at radius 3 is 2.29 bits per heavy atom. The number of hydrogen-bond donors (Lipinski definition) is 3. The molecule has 2 fully saturated rings. The summed E-state index contributed by atoms with van der Waals surface area (Å²) < 4.78 is 0. The van der Waals surface area contributed by atoms with Crippen LogP contribution in [0.25, 0.3) is 0 Å². The largest absolute Gasteiger partial charge is 0.481 e. The number of carboxylic acids is 1. The van der Waals surface area contributed by atoms with Gasteiger partial charge in [0.25, 0.3) is 0 Å². The first-order valence-electron chi connectivity index (χ1n) is 7.98. The van der Waals surface area contributed by atoms with E-state index in [9.17, 15) is 14.7 Å². The van der Waals surface area contributed by atoms with Gasteiger partial charge in [-0.2, -0.15) is 0 Å². The van der Waals surface area contributed by atoms with E-state index in [1.54, 1.807) is 4.90 Å². The summed E-state index contributed by atoms with van der Waals surface area (Å²) in [7, 11) is 0. The maximum atomic E-state index is 12.5. The number of rotatable bonds is 6. The molecule has 0 spiro atoms. The number of amides is 2. The van der Waals surface area contributed by atoms with Crippen molar-refractivity contribution in [1.29, 1.82) is 0 Å². The minimum atomic E-state index is -0.874. The van der Waals surface area contributed by atoms with E-state index < -0.39 is 11.5 Å². The van der Waals surface area contributed by atoms with E-state index in [-0.39, 0.29) is 25.1 Å². The first kappa shape index (κ1) is 16.1. The van der Waals surface area contributed by atoms with E-state index in [0.717, 1.165) is 44.9 Å². The predicted octanol–water partition coefficient (Wildman–Crippen LogP) is 1.72. The highest BCUT2D eigenvalue weighted by Gasteiger charge is 2.41. The fourth-order valence-corrected chi connectivity index (χ4v) is 3.49. The van der Waals surface area contributed by atoms with Gasteiger partial charge in [0.05, 0.1) is 18.6 Å². The van der Waals surface area contributed by atoms with Crippen molar-refractivity contribution in [1.82, 2.24) is 10.2 Å². The Morgan fingerprint density at radius 1 is 1.14 bits per heavy atom. The van der Waals surface area contributed by atoms with E-state index >= 15 is 0 Å². The Hall–Kier alpha value is -1.30. The van der Waals surface area contributed by atoms with Crippen LogP contribution < -0.4 is 5.32 Å². The molecular weight excluding hydrogens is 272 g/mol. The average molecular weight is 298 g/mol. The molecule has 0 unspecified atom stereocenters. The number of aliphatic hydroxyl groups excluding tert-OH is 1. The first-order chi connectivity index (χ1) is 10.1. The van der Waals surface area contributed by atoms with Gasteiger partial charge in [-0.3, -0.25) is 4.79 Å². The number of nitrogens with zero attached hydrogens (tertiary/aromatic N) is 1. The van der Waals surface area contributed by atoms with Gasteiger partial charge in [0, 0.05) is 12.6 Å². The molecule has 0 radical (unpaired) electrons. The van der Waals surface area contributed by atoms with Gasteiger partial charge in [-0.1, -0.05) is 19.3 Å². The third-order valence-corrected chi connectivity index (χ3v) is 4.79. The SMILES string of the molecule is O=C(O)CC1(NC(=O)N(CCO)C2CCCCC2)CCC1. The fraction of sp³-hybridized carbons (Fsp3) is 0.867. The number of aliphatic hydroxyl groups is 1. The van der Waals surface area contributed by atoms with Crippen LogP contribution in [0.5, 0.6) is 0 Å².